The monoisotopic (exact) mass is 270 g/mol. The van der Waals surface area contributed by atoms with Gasteiger partial charge in [-0.1, -0.05) is 19.3 Å². The number of carbonyl (C=O) groups excluding carboxylic acids is 1. The summed E-state index contributed by atoms with van der Waals surface area (Å²) in [5, 5.41) is 6.39. The average Bonchev–Trinajstić information content (AvgIpc) is 2.32. The lowest BCUT2D eigenvalue weighted by molar-refractivity contribution is 0.0527. The zero-order valence-electron chi connectivity index (χ0n) is 12.8. The largest absolute Gasteiger partial charge is 0.444 e. The zero-order chi connectivity index (χ0) is 14.1. The van der Waals surface area contributed by atoms with E-state index in [9.17, 15) is 4.79 Å². The Labute approximate surface area is 117 Å². The molecule has 0 atom stereocenters. The third-order valence-corrected chi connectivity index (χ3v) is 3.31. The van der Waals surface area contributed by atoms with Crippen LogP contribution in [0, 0.1) is 0 Å². The van der Waals surface area contributed by atoms with Gasteiger partial charge in [-0.2, -0.15) is 0 Å². The van der Waals surface area contributed by atoms with E-state index in [1.54, 1.807) is 0 Å². The van der Waals surface area contributed by atoms with Crippen molar-refractivity contribution in [2.45, 2.75) is 77.4 Å². The van der Waals surface area contributed by atoms with Gasteiger partial charge in [0.15, 0.2) is 0 Å². The normalized spacial score (nSPS) is 17.2. The van der Waals surface area contributed by atoms with E-state index in [0.29, 0.717) is 6.54 Å². The first-order chi connectivity index (χ1) is 8.97. The Kier molecular flexibility index (Phi) is 7.21. The summed E-state index contributed by atoms with van der Waals surface area (Å²) >= 11 is 0. The lowest BCUT2D eigenvalue weighted by Gasteiger charge is -2.22. The topological polar surface area (TPSA) is 50.4 Å². The van der Waals surface area contributed by atoms with Gasteiger partial charge in [0, 0.05) is 12.6 Å². The van der Waals surface area contributed by atoms with Crippen LogP contribution in [0.4, 0.5) is 4.79 Å². The molecule has 1 rings (SSSR count). The third-order valence-electron chi connectivity index (χ3n) is 3.31. The van der Waals surface area contributed by atoms with Crippen molar-refractivity contribution >= 4 is 6.09 Å². The van der Waals surface area contributed by atoms with E-state index < -0.39 is 5.60 Å². The van der Waals surface area contributed by atoms with Gasteiger partial charge in [-0.3, -0.25) is 0 Å². The standard InChI is InChI=1S/C15H30N2O2/c1-15(2,3)19-14(18)17-12-8-7-11-16-13-9-5-4-6-10-13/h13,16H,4-12H2,1-3H3,(H,17,18). The molecule has 4 nitrogen and oxygen atoms in total. The van der Waals surface area contributed by atoms with Gasteiger partial charge < -0.3 is 15.4 Å². The van der Waals surface area contributed by atoms with Crippen LogP contribution in [-0.4, -0.2) is 30.8 Å². The van der Waals surface area contributed by atoms with Crippen LogP contribution in [0.5, 0.6) is 0 Å². The van der Waals surface area contributed by atoms with E-state index in [4.69, 9.17) is 4.74 Å². The van der Waals surface area contributed by atoms with Crippen molar-refractivity contribution in [3.05, 3.63) is 0 Å². The number of nitrogens with one attached hydrogen (secondary N) is 2. The molecule has 1 saturated carbocycles. The Morgan fingerprint density at radius 1 is 1.11 bits per heavy atom. The number of rotatable bonds is 6. The van der Waals surface area contributed by atoms with Crippen LogP contribution < -0.4 is 10.6 Å². The van der Waals surface area contributed by atoms with E-state index >= 15 is 0 Å². The smallest absolute Gasteiger partial charge is 0.407 e. The van der Waals surface area contributed by atoms with Gasteiger partial charge in [0.25, 0.3) is 0 Å². The Hall–Kier alpha value is -0.770. The fourth-order valence-electron chi connectivity index (χ4n) is 2.37. The fourth-order valence-corrected chi connectivity index (χ4v) is 2.37. The summed E-state index contributed by atoms with van der Waals surface area (Å²) in [7, 11) is 0. The molecule has 0 aromatic rings. The third kappa shape index (κ3) is 8.87. The van der Waals surface area contributed by atoms with E-state index in [2.05, 4.69) is 10.6 Å². The van der Waals surface area contributed by atoms with Gasteiger partial charge in [-0.25, -0.2) is 4.79 Å². The van der Waals surface area contributed by atoms with Crippen molar-refractivity contribution in [1.82, 2.24) is 10.6 Å². The zero-order valence-corrected chi connectivity index (χ0v) is 12.8. The lowest BCUT2D eigenvalue weighted by atomic mass is 9.95. The molecule has 0 saturated heterocycles. The molecule has 112 valence electrons. The van der Waals surface area contributed by atoms with E-state index in [-0.39, 0.29) is 6.09 Å². The number of carbonyl (C=O) groups is 1. The summed E-state index contributed by atoms with van der Waals surface area (Å²) in [6.45, 7) is 7.38. The highest BCUT2D eigenvalue weighted by molar-refractivity contribution is 5.67. The predicted molar refractivity (Wildman–Crippen MR) is 78.3 cm³/mol. The number of unbranched alkanes of at least 4 members (excludes halogenated alkanes) is 1. The highest BCUT2D eigenvalue weighted by Gasteiger charge is 2.15. The molecule has 2 N–H and O–H groups in total. The van der Waals surface area contributed by atoms with Crippen molar-refractivity contribution in [3.8, 4) is 0 Å². The van der Waals surface area contributed by atoms with Gasteiger partial charge in [-0.15, -0.1) is 0 Å². The Morgan fingerprint density at radius 3 is 2.37 bits per heavy atom. The predicted octanol–water partition coefficient (Wildman–Crippen LogP) is 3.21. The van der Waals surface area contributed by atoms with E-state index in [1.807, 2.05) is 20.8 Å². The van der Waals surface area contributed by atoms with Gasteiger partial charge in [0.05, 0.1) is 0 Å². The summed E-state index contributed by atoms with van der Waals surface area (Å²) in [5.41, 5.74) is -0.410. The number of amides is 1. The summed E-state index contributed by atoms with van der Waals surface area (Å²) in [6, 6.07) is 0.729. The Bertz CT molecular complexity index is 255. The Morgan fingerprint density at radius 2 is 1.74 bits per heavy atom. The molecule has 0 aromatic carbocycles. The maximum atomic E-state index is 11.4. The minimum Gasteiger partial charge on any atom is -0.444 e. The van der Waals surface area contributed by atoms with Crippen LogP contribution in [0.25, 0.3) is 0 Å². The number of ether oxygens (including phenoxy) is 1. The number of hydrogen-bond acceptors (Lipinski definition) is 3. The van der Waals surface area contributed by atoms with Crippen molar-refractivity contribution in [2.24, 2.45) is 0 Å². The van der Waals surface area contributed by atoms with Crippen LogP contribution >= 0.6 is 0 Å². The summed E-state index contributed by atoms with van der Waals surface area (Å²) in [5.74, 6) is 0. The maximum Gasteiger partial charge on any atom is 0.407 e. The van der Waals surface area contributed by atoms with Crippen molar-refractivity contribution in [2.75, 3.05) is 13.1 Å². The second-order valence-electron chi connectivity index (χ2n) is 6.42. The minimum absolute atomic E-state index is 0.312. The van der Waals surface area contributed by atoms with Crippen molar-refractivity contribution in [1.29, 1.82) is 0 Å². The SMILES string of the molecule is CC(C)(C)OC(=O)NCCCCNC1CCCCC1. The van der Waals surface area contributed by atoms with Crippen LogP contribution in [0.1, 0.15) is 65.7 Å². The first kappa shape index (κ1) is 16.3. The molecule has 0 spiro atoms. The molecule has 0 aromatic heterocycles. The maximum absolute atomic E-state index is 11.4. The van der Waals surface area contributed by atoms with E-state index in [0.717, 1.165) is 25.4 Å². The highest BCUT2D eigenvalue weighted by atomic mass is 16.6. The van der Waals surface area contributed by atoms with Gasteiger partial charge >= 0.3 is 6.09 Å². The van der Waals surface area contributed by atoms with Crippen LogP contribution in [0.15, 0.2) is 0 Å². The molecule has 0 unspecified atom stereocenters. The summed E-state index contributed by atoms with van der Waals surface area (Å²) in [4.78, 5) is 11.4. The molecule has 19 heavy (non-hydrogen) atoms. The first-order valence-electron chi connectivity index (χ1n) is 7.67. The molecule has 0 heterocycles. The second kappa shape index (κ2) is 8.41. The molecule has 0 bridgehead atoms. The molecule has 1 aliphatic rings. The summed E-state index contributed by atoms with van der Waals surface area (Å²) in [6.07, 6.45) is 8.60. The van der Waals surface area contributed by atoms with Crippen LogP contribution in [0.2, 0.25) is 0 Å². The van der Waals surface area contributed by atoms with Gasteiger partial charge in [0.1, 0.15) is 5.60 Å². The fraction of sp³-hybridized carbons (Fsp3) is 0.933. The number of hydrogen-bond donors (Lipinski definition) is 2. The van der Waals surface area contributed by atoms with Crippen LogP contribution in [0.3, 0.4) is 0 Å². The molecule has 1 aliphatic carbocycles. The molecule has 1 fully saturated rings. The molecule has 4 heteroatoms. The molecular weight excluding hydrogens is 240 g/mol. The molecule has 0 aliphatic heterocycles. The van der Waals surface area contributed by atoms with Gasteiger partial charge in [0.2, 0.25) is 0 Å². The highest BCUT2D eigenvalue weighted by Crippen LogP contribution is 2.17. The molecule has 1 amide bonds. The van der Waals surface area contributed by atoms with E-state index in [1.165, 1.54) is 32.1 Å². The summed E-state index contributed by atoms with van der Waals surface area (Å²) < 4.78 is 5.17. The molecular formula is C15H30N2O2. The second-order valence-corrected chi connectivity index (χ2v) is 6.42. The first-order valence-corrected chi connectivity index (χ1v) is 7.67. The molecule has 0 radical (unpaired) electrons. The van der Waals surface area contributed by atoms with Crippen molar-refractivity contribution < 1.29 is 9.53 Å². The van der Waals surface area contributed by atoms with Gasteiger partial charge in [-0.05, 0) is 53.0 Å². The van der Waals surface area contributed by atoms with Crippen LogP contribution in [-0.2, 0) is 4.74 Å². The van der Waals surface area contributed by atoms with Crippen molar-refractivity contribution in [3.63, 3.8) is 0 Å². The quantitative estimate of drug-likeness (QED) is 0.729. The Balaban J connectivity index is 1.92. The average molecular weight is 270 g/mol. The number of alkyl carbamates (subject to hydrolysis) is 1. The minimum atomic E-state index is -0.410. The lowest BCUT2D eigenvalue weighted by Crippen LogP contribution is -2.34.